The molecular weight excluding hydrogens is 194 g/mol. The van der Waals surface area contributed by atoms with E-state index in [2.05, 4.69) is 4.98 Å². The fourth-order valence-electron chi connectivity index (χ4n) is 1.57. The quantitative estimate of drug-likeness (QED) is 0.678. The van der Waals surface area contributed by atoms with Crippen LogP contribution in [0.1, 0.15) is 5.56 Å². The summed E-state index contributed by atoms with van der Waals surface area (Å²) >= 11 is 0. The van der Waals surface area contributed by atoms with Gasteiger partial charge in [0.05, 0.1) is 5.52 Å². The van der Waals surface area contributed by atoms with Gasteiger partial charge in [-0.15, -0.1) is 0 Å². The maximum Gasteiger partial charge on any atom is 0.252 e. The summed E-state index contributed by atoms with van der Waals surface area (Å²) in [4.78, 5) is 13.7. The van der Waals surface area contributed by atoms with Gasteiger partial charge in [-0.25, -0.2) is 0 Å². The lowest BCUT2D eigenvalue weighted by atomic mass is 10.1. The fraction of sp³-hybridized carbons (Fsp3) is 0.182. The van der Waals surface area contributed by atoms with Crippen LogP contribution in [-0.4, -0.2) is 21.8 Å². The standard InChI is InChI=1S/C11H11NO3/c13-4-3-7-1-2-9-8(5-7)10(14)6-11(15)12-9/h1-2,5-6,13H,3-4H2,(H2,12,14,15). The first kappa shape index (κ1) is 9.73. The van der Waals surface area contributed by atoms with E-state index in [1.807, 2.05) is 6.07 Å². The van der Waals surface area contributed by atoms with Gasteiger partial charge in [0.1, 0.15) is 5.75 Å². The Balaban J connectivity index is 2.66. The molecule has 2 aromatic rings. The third-order valence-corrected chi connectivity index (χ3v) is 2.29. The Hall–Kier alpha value is -1.81. The van der Waals surface area contributed by atoms with E-state index in [0.717, 1.165) is 11.6 Å². The van der Waals surface area contributed by atoms with Crippen molar-refractivity contribution in [2.45, 2.75) is 6.42 Å². The number of benzene rings is 1. The van der Waals surface area contributed by atoms with Gasteiger partial charge in [0.25, 0.3) is 5.56 Å². The molecule has 15 heavy (non-hydrogen) atoms. The highest BCUT2D eigenvalue weighted by molar-refractivity contribution is 5.84. The molecule has 1 heterocycles. The molecule has 1 aromatic heterocycles. The first-order chi connectivity index (χ1) is 7.20. The van der Waals surface area contributed by atoms with Crippen LogP contribution in [0.2, 0.25) is 0 Å². The minimum Gasteiger partial charge on any atom is -0.507 e. The Morgan fingerprint density at radius 2 is 2.07 bits per heavy atom. The summed E-state index contributed by atoms with van der Waals surface area (Å²) in [5, 5.41) is 18.9. The molecule has 1 aromatic carbocycles. The molecule has 0 bridgehead atoms. The second-order valence-corrected chi connectivity index (χ2v) is 3.37. The highest BCUT2D eigenvalue weighted by Crippen LogP contribution is 2.21. The molecule has 0 saturated heterocycles. The van der Waals surface area contributed by atoms with Gasteiger partial charge in [-0.05, 0) is 24.1 Å². The molecular formula is C11H11NO3. The van der Waals surface area contributed by atoms with Crippen molar-refractivity contribution in [1.82, 2.24) is 4.98 Å². The van der Waals surface area contributed by atoms with Crippen LogP contribution in [0.5, 0.6) is 5.75 Å². The van der Waals surface area contributed by atoms with E-state index in [4.69, 9.17) is 5.11 Å². The van der Waals surface area contributed by atoms with Gasteiger partial charge in [-0.1, -0.05) is 6.07 Å². The third-order valence-electron chi connectivity index (χ3n) is 2.29. The van der Waals surface area contributed by atoms with Crippen molar-refractivity contribution in [2.75, 3.05) is 6.61 Å². The van der Waals surface area contributed by atoms with Crippen LogP contribution >= 0.6 is 0 Å². The number of rotatable bonds is 2. The van der Waals surface area contributed by atoms with Gasteiger partial charge in [-0.3, -0.25) is 4.79 Å². The van der Waals surface area contributed by atoms with Crippen molar-refractivity contribution in [2.24, 2.45) is 0 Å². The average Bonchev–Trinajstić information content (AvgIpc) is 2.19. The van der Waals surface area contributed by atoms with Gasteiger partial charge in [0.15, 0.2) is 0 Å². The molecule has 0 saturated carbocycles. The molecule has 0 atom stereocenters. The topological polar surface area (TPSA) is 73.3 Å². The summed E-state index contributed by atoms with van der Waals surface area (Å²) in [7, 11) is 0. The van der Waals surface area contributed by atoms with Crippen molar-refractivity contribution in [3.8, 4) is 5.75 Å². The summed E-state index contributed by atoms with van der Waals surface area (Å²) in [6, 6.07) is 6.44. The van der Waals surface area contributed by atoms with E-state index in [1.165, 1.54) is 0 Å². The molecule has 0 aliphatic rings. The van der Waals surface area contributed by atoms with Crippen molar-refractivity contribution in [3.05, 3.63) is 40.2 Å². The molecule has 0 aliphatic carbocycles. The smallest absolute Gasteiger partial charge is 0.252 e. The lowest BCUT2D eigenvalue weighted by Gasteiger charge is -2.03. The van der Waals surface area contributed by atoms with Crippen molar-refractivity contribution < 1.29 is 10.2 Å². The number of aliphatic hydroxyl groups is 1. The zero-order chi connectivity index (χ0) is 10.8. The molecule has 0 fully saturated rings. The summed E-state index contributed by atoms with van der Waals surface area (Å²) in [5.74, 6) is -0.0338. The molecule has 2 rings (SSSR count). The van der Waals surface area contributed by atoms with Gasteiger partial charge in [0.2, 0.25) is 0 Å². The summed E-state index contributed by atoms with van der Waals surface area (Å²) in [5.41, 5.74) is 1.20. The van der Waals surface area contributed by atoms with E-state index in [9.17, 15) is 9.90 Å². The average molecular weight is 205 g/mol. The van der Waals surface area contributed by atoms with Crippen molar-refractivity contribution >= 4 is 10.9 Å². The van der Waals surface area contributed by atoms with Crippen LogP contribution < -0.4 is 5.56 Å². The minimum absolute atomic E-state index is 0.0338. The number of aliphatic hydroxyl groups excluding tert-OH is 1. The van der Waals surface area contributed by atoms with Crippen LogP contribution in [0.15, 0.2) is 29.1 Å². The Morgan fingerprint density at radius 3 is 2.80 bits per heavy atom. The van der Waals surface area contributed by atoms with E-state index >= 15 is 0 Å². The molecule has 0 spiro atoms. The SMILES string of the molecule is O=c1cc(O)c2cc(CCO)ccc2[nH]1. The van der Waals surface area contributed by atoms with Crippen LogP contribution in [0.3, 0.4) is 0 Å². The van der Waals surface area contributed by atoms with Crippen LogP contribution in [0.25, 0.3) is 10.9 Å². The second-order valence-electron chi connectivity index (χ2n) is 3.37. The number of H-pyrrole nitrogens is 1. The zero-order valence-electron chi connectivity index (χ0n) is 8.03. The summed E-state index contributed by atoms with van der Waals surface area (Å²) < 4.78 is 0. The van der Waals surface area contributed by atoms with Gasteiger partial charge < -0.3 is 15.2 Å². The number of hydrogen-bond donors (Lipinski definition) is 3. The first-order valence-corrected chi connectivity index (χ1v) is 4.66. The Kier molecular flexibility index (Phi) is 2.43. The molecule has 4 nitrogen and oxygen atoms in total. The van der Waals surface area contributed by atoms with Crippen LogP contribution in [0.4, 0.5) is 0 Å². The molecule has 0 unspecified atom stereocenters. The predicted octanol–water partition coefficient (Wildman–Crippen LogP) is 0.768. The van der Waals surface area contributed by atoms with Crippen molar-refractivity contribution in [1.29, 1.82) is 0 Å². The van der Waals surface area contributed by atoms with Gasteiger partial charge in [0, 0.05) is 18.1 Å². The number of fused-ring (bicyclic) bond motifs is 1. The molecule has 0 aliphatic heterocycles. The zero-order valence-corrected chi connectivity index (χ0v) is 8.03. The second kappa shape index (κ2) is 3.74. The van der Waals surface area contributed by atoms with Crippen LogP contribution in [0, 0.1) is 0 Å². The monoisotopic (exact) mass is 205 g/mol. The number of pyridine rings is 1. The number of nitrogens with one attached hydrogen (secondary N) is 1. The molecule has 0 amide bonds. The van der Waals surface area contributed by atoms with Crippen LogP contribution in [-0.2, 0) is 6.42 Å². The molecule has 0 radical (unpaired) electrons. The van der Waals surface area contributed by atoms with Gasteiger partial charge in [-0.2, -0.15) is 0 Å². The van der Waals surface area contributed by atoms with E-state index in [0.29, 0.717) is 17.3 Å². The summed E-state index contributed by atoms with van der Waals surface area (Å²) in [6.45, 7) is 0.0651. The maximum atomic E-state index is 11.1. The molecule has 3 N–H and O–H groups in total. The minimum atomic E-state index is -0.324. The first-order valence-electron chi connectivity index (χ1n) is 4.66. The van der Waals surface area contributed by atoms with Gasteiger partial charge >= 0.3 is 0 Å². The highest BCUT2D eigenvalue weighted by atomic mass is 16.3. The third kappa shape index (κ3) is 1.85. The highest BCUT2D eigenvalue weighted by Gasteiger charge is 2.02. The lowest BCUT2D eigenvalue weighted by Crippen LogP contribution is -2.03. The lowest BCUT2D eigenvalue weighted by molar-refractivity contribution is 0.299. The molecule has 4 heteroatoms. The maximum absolute atomic E-state index is 11.1. The predicted molar refractivity (Wildman–Crippen MR) is 57.0 cm³/mol. The van der Waals surface area contributed by atoms with Crippen molar-refractivity contribution in [3.63, 3.8) is 0 Å². The Morgan fingerprint density at radius 1 is 1.27 bits per heavy atom. The fourth-order valence-corrected chi connectivity index (χ4v) is 1.57. The molecule has 78 valence electrons. The number of aromatic hydroxyl groups is 1. The van der Waals surface area contributed by atoms with E-state index < -0.39 is 0 Å². The Labute approximate surface area is 85.8 Å². The largest absolute Gasteiger partial charge is 0.507 e. The van der Waals surface area contributed by atoms with E-state index in [1.54, 1.807) is 12.1 Å². The number of aromatic nitrogens is 1. The normalized spacial score (nSPS) is 10.7. The van der Waals surface area contributed by atoms with E-state index in [-0.39, 0.29) is 17.9 Å². The summed E-state index contributed by atoms with van der Waals surface area (Å²) in [6.07, 6.45) is 0.536. The Bertz CT molecular complexity index is 545. The number of hydrogen-bond acceptors (Lipinski definition) is 3. The number of aromatic amines is 1.